The molecule has 1 heterocycles. The predicted molar refractivity (Wildman–Crippen MR) is 78.7 cm³/mol. The van der Waals surface area contributed by atoms with Crippen molar-refractivity contribution in [3.63, 3.8) is 0 Å². The van der Waals surface area contributed by atoms with E-state index in [2.05, 4.69) is 10.3 Å². The number of methoxy groups -OCH3 is 2. The minimum atomic E-state index is -1.23. The summed E-state index contributed by atoms with van der Waals surface area (Å²) >= 11 is 0. The van der Waals surface area contributed by atoms with Crippen molar-refractivity contribution < 1.29 is 24.2 Å². The highest BCUT2D eigenvalue weighted by Crippen LogP contribution is 2.29. The number of pyridine rings is 1. The number of nitrogens with one attached hydrogen (secondary N) is 1. The molecule has 0 radical (unpaired) electrons. The van der Waals surface area contributed by atoms with Crippen LogP contribution in [-0.2, 0) is 0 Å². The second-order valence-electron chi connectivity index (χ2n) is 4.23. The highest BCUT2D eigenvalue weighted by atomic mass is 16.5. The second-order valence-corrected chi connectivity index (χ2v) is 4.23. The van der Waals surface area contributed by atoms with Gasteiger partial charge in [-0.25, -0.2) is 4.79 Å². The minimum absolute atomic E-state index is 0.179. The van der Waals surface area contributed by atoms with Crippen molar-refractivity contribution in [2.45, 2.75) is 0 Å². The predicted octanol–water partition coefficient (Wildman–Crippen LogP) is 2.05. The fourth-order valence-electron chi connectivity index (χ4n) is 1.85. The number of rotatable bonds is 5. The standard InChI is InChI=1S/C15H14N2O5/c1-21-9-5-6-12(22-2)11(8-9)17-14(18)13-10(15(19)20)4-3-7-16-13/h3-8H,1-2H3,(H,17,18)(H,19,20). The van der Waals surface area contributed by atoms with E-state index < -0.39 is 11.9 Å². The molecule has 0 saturated carbocycles. The Morgan fingerprint density at radius 3 is 2.59 bits per heavy atom. The molecule has 0 unspecified atom stereocenters. The number of nitrogens with zero attached hydrogens (tertiary/aromatic N) is 1. The average molecular weight is 302 g/mol. The molecule has 1 aromatic carbocycles. The first-order valence-corrected chi connectivity index (χ1v) is 6.28. The van der Waals surface area contributed by atoms with Crippen LogP contribution >= 0.6 is 0 Å². The number of ether oxygens (including phenoxy) is 2. The third-order valence-corrected chi connectivity index (χ3v) is 2.91. The van der Waals surface area contributed by atoms with Gasteiger partial charge in [-0.15, -0.1) is 0 Å². The molecule has 2 aromatic rings. The van der Waals surface area contributed by atoms with Crippen LogP contribution in [0.25, 0.3) is 0 Å². The summed E-state index contributed by atoms with van der Waals surface area (Å²) in [7, 11) is 2.95. The molecular weight excluding hydrogens is 288 g/mol. The quantitative estimate of drug-likeness (QED) is 0.877. The lowest BCUT2D eigenvalue weighted by Crippen LogP contribution is -2.18. The van der Waals surface area contributed by atoms with Crippen molar-refractivity contribution in [2.75, 3.05) is 19.5 Å². The number of aromatic carboxylic acids is 1. The van der Waals surface area contributed by atoms with Gasteiger partial charge in [0, 0.05) is 12.3 Å². The topological polar surface area (TPSA) is 97.8 Å². The van der Waals surface area contributed by atoms with Gasteiger partial charge in [0.05, 0.1) is 25.5 Å². The van der Waals surface area contributed by atoms with Crippen LogP contribution in [0.5, 0.6) is 11.5 Å². The van der Waals surface area contributed by atoms with E-state index in [-0.39, 0.29) is 11.3 Å². The number of anilines is 1. The molecule has 0 aliphatic rings. The smallest absolute Gasteiger partial charge is 0.338 e. The van der Waals surface area contributed by atoms with Crippen LogP contribution in [0.2, 0.25) is 0 Å². The Morgan fingerprint density at radius 2 is 1.95 bits per heavy atom. The van der Waals surface area contributed by atoms with E-state index in [1.165, 1.54) is 32.5 Å². The Kier molecular flexibility index (Phi) is 4.57. The summed E-state index contributed by atoms with van der Waals surface area (Å²) in [5, 5.41) is 11.7. The maximum atomic E-state index is 12.3. The minimum Gasteiger partial charge on any atom is -0.497 e. The van der Waals surface area contributed by atoms with Gasteiger partial charge in [-0.05, 0) is 24.3 Å². The first kappa shape index (κ1) is 15.3. The Labute approximate surface area is 126 Å². The van der Waals surface area contributed by atoms with E-state index in [0.717, 1.165) is 0 Å². The van der Waals surface area contributed by atoms with Crippen molar-refractivity contribution in [1.82, 2.24) is 4.98 Å². The van der Waals surface area contributed by atoms with Gasteiger partial charge in [-0.3, -0.25) is 9.78 Å². The first-order chi connectivity index (χ1) is 10.6. The molecule has 114 valence electrons. The maximum absolute atomic E-state index is 12.3. The monoisotopic (exact) mass is 302 g/mol. The SMILES string of the molecule is COc1ccc(OC)c(NC(=O)c2ncccc2C(=O)O)c1. The number of hydrogen-bond acceptors (Lipinski definition) is 5. The van der Waals surface area contributed by atoms with Crippen LogP contribution < -0.4 is 14.8 Å². The van der Waals surface area contributed by atoms with Gasteiger partial charge in [-0.1, -0.05) is 0 Å². The molecule has 22 heavy (non-hydrogen) atoms. The molecule has 1 amide bonds. The summed E-state index contributed by atoms with van der Waals surface area (Å²) in [5.41, 5.74) is -0.00409. The largest absolute Gasteiger partial charge is 0.497 e. The number of benzene rings is 1. The van der Waals surface area contributed by atoms with E-state index >= 15 is 0 Å². The lowest BCUT2D eigenvalue weighted by molar-refractivity contribution is 0.0691. The van der Waals surface area contributed by atoms with Crippen LogP contribution in [0.15, 0.2) is 36.5 Å². The van der Waals surface area contributed by atoms with Gasteiger partial charge in [0.1, 0.15) is 17.2 Å². The Hall–Kier alpha value is -3.09. The zero-order valence-electron chi connectivity index (χ0n) is 12.0. The molecule has 0 spiro atoms. The molecule has 1 aromatic heterocycles. The number of carboxylic acids is 1. The second kappa shape index (κ2) is 6.57. The van der Waals surface area contributed by atoms with E-state index in [4.69, 9.17) is 14.6 Å². The molecule has 0 aliphatic carbocycles. The molecule has 0 saturated heterocycles. The summed E-state index contributed by atoms with van der Waals surface area (Å²) in [4.78, 5) is 27.2. The van der Waals surface area contributed by atoms with E-state index in [1.807, 2.05) is 0 Å². The van der Waals surface area contributed by atoms with Gasteiger partial charge >= 0.3 is 5.97 Å². The zero-order chi connectivity index (χ0) is 16.1. The van der Waals surface area contributed by atoms with E-state index in [9.17, 15) is 9.59 Å². The summed E-state index contributed by atoms with van der Waals surface area (Å²) < 4.78 is 10.2. The van der Waals surface area contributed by atoms with Gasteiger partial charge in [0.25, 0.3) is 5.91 Å². The summed E-state index contributed by atoms with van der Waals surface area (Å²) in [6.45, 7) is 0. The molecule has 0 bridgehead atoms. The molecule has 0 atom stereocenters. The van der Waals surface area contributed by atoms with Crippen molar-refractivity contribution in [2.24, 2.45) is 0 Å². The zero-order valence-corrected chi connectivity index (χ0v) is 12.0. The maximum Gasteiger partial charge on any atom is 0.338 e. The van der Waals surface area contributed by atoms with Crippen LogP contribution in [0.4, 0.5) is 5.69 Å². The number of hydrogen-bond donors (Lipinski definition) is 2. The van der Waals surface area contributed by atoms with Gasteiger partial charge in [0.15, 0.2) is 0 Å². The number of carboxylic acid groups (broad SMARTS) is 1. The van der Waals surface area contributed by atoms with Crippen LogP contribution in [0, 0.1) is 0 Å². The molecule has 0 fully saturated rings. The molecule has 0 aliphatic heterocycles. The molecule has 7 nitrogen and oxygen atoms in total. The Bertz CT molecular complexity index is 715. The number of amides is 1. The van der Waals surface area contributed by atoms with E-state index in [1.54, 1.807) is 18.2 Å². The highest BCUT2D eigenvalue weighted by Gasteiger charge is 2.19. The van der Waals surface area contributed by atoms with Gasteiger partial charge < -0.3 is 19.9 Å². The van der Waals surface area contributed by atoms with E-state index in [0.29, 0.717) is 17.2 Å². The number of aromatic nitrogens is 1. The average Bonchev–Trinajstić information content (AvgIpc) is 2.54. The van der Waals surface area contributed by atoms with Crippen molar-refractivity contribution in [3.8, 4) is 11.5 Å². The van der Waals surface area contributed by atoms with Crippen molar-refractivity contribution >= 4 is 17.6 Å². The Morgan fingerprint density at radius 1 is 1.18 bits per heavy atom. The first-order valence-electron chi connectivity index (χ1n) is 6.28. The normalized spacial score (nSPS) is 9.91. The lowest BCUT2D eigenvalue weighted by Gasteiger charge is -2.12. The lowest BCUT2D eigenvalue weighted by atomic mass is 10.2. The fraction of sp³-hybridized carbons (Fsp3) is 0.133. The molecule has 2 N–H and O–H groups in total. The third-order valence-electron chi connectivity index (χ3n) is 2.91. The Balaban J connectivity index is 2.35. The van der Waals surface area contributed by atoms with Crippen LogP contribution in [-0.4, -0.2) is 36.2 Å². The number of carbonyl (C=O) groups excluding carboxylic acids is 1. The third kappa shape index (κ3) is 3.14. The van der Waals surface area contributed by atoms with Gasteiger partial charge in [0.2, 0.25) is 0 Å². The number of carbonyl (C=O) groups is 2. The van der Waals surface area contributed by atoms with Gasteiger partial charge in [-0.2, -0.15) is 0 Å². The van der Waals surface area contributed by atoms with Crippen molar-refractivity contribution in [1.29, 1.82) is 0 Å². The molecule has 7 heteroatoms. The fourth-order valence-corrected chi connectivity index (χ4v) is 1.85. The molecule has 2 rings (SSSR count). The highest BCUT2D eigenvalue weighted by molar-refractivity contribution is 6.09. The van der Waals surface area contributed by atoms with Crippen LogP contribution in [0.3, 0.4) is 0 Å². The summed E-state index contributed by atoms with van der Waals surface area (Å²) in [6, 6.07) is 7.64. The van der Waals surface area contributed by atoms with Crippen molar-refractivity contribution in [3.05, 3.63) is 47.8 Å². The summed E-state index contributed by atoms with van der Waals surface area (Å²) in [5.74, 6) is -0.932. The molecular formula is C15H14N2O5. The van der Waals surface area contributed by atoms with Crippen LogP contribution in [0.1, 0.15) is 20.8 Å². The summed E-state index contributed by atoms with van der Waals surface area (Å²) in [6.07, 6.45) is 1.35.